The summed E-state index contributed by atoms with van der Waals surface area (Å²) in [6, 6.07) is 21.0. The van der Waals surface area contributed by atoms with E-state index < -0.39 is 0 Å². The first-order valence-corrected chi connectivity index (χ1v) is 5.62. The fourth-order valence-corrected chi connectivity index (χ4v) is 1.66. The van der Waals surface area contributed by atoms with Crippen LogP contribution in [0.1, 0.15) is 24.1 Å². The van der Waals surface area contributed by atoms with E-state index in [2.05, 4.69) is 60.8 Å². The van der Waals surface area contributed by atoms with Crippen molar-refractivity contribution in [1.82, 2.24) is 0 Å². The van der Waals surface area contributed by atoms with E-state index in [1.54, 1.807) is 0 Å². The van der Waals surface area contributed by atoms with Crippen LogP contribution in [0.2, 0.25) is 0 Å². The molecule has 82 valence electrons. The Morgan fingerprint density at radius 1 is 0.882 bits per heavy atom. The van der Waals surface area contributed by atoms with Gasteiger partial charge in [-0.2, -0.15) is 0 Å². The summed E-state index contributed by atoms with van der Waals surface area (Å²) >= 11 is 0. The van der Waals surface area contributed by atoms with Crippen molar-refractivity contribution in [2.45, 2.75) is 19.5 Å². The van der Waals surface area contributed by atoms with Gasteiger partial charge in [0.15, 0.2) is 0 Å². The molecule has 0 fully saturated rings. The van der Waals surface area contributed by atoms with Crippen molar-refractivity contribution in [2.24, 2.45) is 0 Å². The zero-order valence-corrected chi connectivity index (χ0v) is 10.5. The van der Waals surface area contributed by atoms with Gasteiger partial charge in [0.05, 0.1) is 0 Å². The van der Waals surface area contributed by atoms with Crippen molar-refractivity contribution in [3.8, 4) is 0 Å². The fourth-order valence-electron chi connectivity index (χ4n) is 1.66. The van der Waals surface area contributed by atoms with Crippen LogP contribution in [0.15, 0.2) is 60.7 Å². The third-order valence-corrected chi connectivity index (χ3v) is 2.67. The second-order valence-corrected chi connectivity index (χ2v) is 3.91. The molecule has 0 aromatic heterocycles. The number of benzene rings is 2. The van der Waals surface area contributed by atoms with Gasteiger partial charge < -0.3 is 5.32 Å². The van der Waals surface area contributed by atoms with Crippen molar-refractivity contribution in [3.63, 3.8) is 0 Å². The number of hydrogen-bond acceptors (Lipinski definition) is 0. The summed E-state index contributed by atoms with van der Waals surface area (Å²) in [6.07, 6.45) is 0. The van der Waals surface area contributed by atoms with Gasteiger partial charge in [0.1, 0.15) is 0 Å². The van der Waals surface area contributed by atoms with Crippen LogP contribution >= 0.6 is 0 Å². The van der Waals surface area contributed by atoms with E-state index in [1.165, 1.54) is 11.1 Å². The van der Waals surface area contributed by atoms with Gasteiger partial charge in [-0.1, -0.05) is 78.7 Å². The summed E-state index contributed by atoms with van der Waals surface area (Å²) < 4.78 is 0. The largest absolute Gasteiger partial charge is 1.00 e. The van der Waals surface area contributed by atoms with Crippen LogP contribution in [-0.2, 0) is 6.54 Å². The quantitative estimate of drug-likeness (QED) is 0.686. The first kappa shape index (κ1) is 14.1. The maximum Gasteiger partial charge on any atom is 1.00 e. The van der Waals surface area contributed by atoms with E-state index in [0.717, 1.165) is 6.54 Å². The second kappa shape index (κ2) is 7.35. The summed E-state index contributed by atoms with van der Waals surface area (Å²) in [6.45, 7) is 2.93. The molecule has 0 aliphatic carbocycles. The Labute approximate surface area is 115 Å². The Kier molecular flexibility index (Phi) is 6.08. The molecule has 17 heavy (non-hydrogen) atoms. The van der Waals surface area contributed by atoms with Crippen LogP contribution < -0.4 is 18.9 Å². The van der Waals surface area contributed by atoms with Crippen molar-refractivity contribution < 1.29 is 18.9 Å². The molecule has 2 aromatic carbocycles. The minimum atomic E-state index is 0. The Morgan fingerprint density at radius 2 is 1.41 bits per heavy atom. The first-order chi connectivity index (χ1) is 7.86. The number of rotatable bonds is 4. The first-order valence-electron chi connectivity index (χ1n) is 5.62. The topological polar surface area (TPSA) is 14.1 Å². The summed E-state index contributed by atoms with van der Waals surface area (Å²) in [5.41, 5.74) is 2.55. The minimum Gasteiger partial charge on any atom is -0.652 e. The predicted molar refractivity (Wildman–Crippen MR) is 68.4 cm³/mol. The van der Waals surface area contributed by atoms with Gasteiger partial charge in [-0.25, -0.2) is 0 Å². The molecular weight excluding hydrogens is 201 g/mol. The summed E-state index contributed by atoms with van der Waals surface area (Å²) in [4.78, 5) is 0. The third-order valence-electron chi connectivity index (χ3n) is 2.67. The van der Waals surface area contributed by atoms with Gasteiger partial charge in [-0.3, -0.25) is 0 Å². The van der Waals surface area contributed by atoms with Crippen molar-refractivity contribution >= 4 is 0 Å². The Morgan fingerprint density at radius 3 is 2.00 bits per heavy atom. The van der Waals surface area contributed by atoms with Crippen molar-refractivity contribution in [3.05, 3.63) is 77.1 Å². The minimum absolute atomic E-state index is 0. The molecule has 2 heteroatoms. The number of nitrogens with zero attached hydrogens (tertiary/aromatic N) is 1. The maximum atomic E-state index is 4.66. The molecule has 0 unspecified atom stereocenters. The van der Waals surface area contributed by atoms with Crippen LogP contribution in [0.5, 0.6) is 0 Å². The van der Waals surface area contributed by atoms with E-state index >= 15 is 0 Å². The predicted octanol–water partition coefficient (Wildman–Crippen LogP) is 1.33. The molecule has 0 bridgehead atoms. The van der Waals surface area contributed by atoms with Gasteiger partial charge >= 0.3 is 18.9 Å². The molecule has 2 aromatic rings. The van der Waals surface area contributed by atoms with Crippen LogP contribution in [-0.4, -0.2) is 0 Å². The second-order valence-electron chi connectivity index (χ2n) is 3.91. The van der Waals surface area contributed by atoms with Gasteiger partial charge in [-0.15, -0.1) is 12.6 Å². The zero-order chi connectivity index (χ0) is 11.2. The molecule has 1 atom stereocenters. The molecule has 0 saturated heterocycles. The van der Waals surface area contributed by atoms with Gasteiger partial charge in [0, 0.05) is 0 Å². The van der Waals surface area contributed by atoms with E-state index in [0.29, 0.717) is 0 Å². The SMILES string of the molecule is C[C@@H]([N-]Cc1ccccc1)c1ccccc1.[Li+]. The normalized spacial score (nSPS) is 11.6. The monoisotopic (exact) mass is 217 g/mol. The van der Waals surface area contributed by atoms with Crippen molar-refractivity contribution in [2.75, 3.05) is 0 Å². The Bertz CT molecular complexity index is 413. The van der Waals surface area contributed by atoms with Crippen LogP contribution in [0.4, 0.5) is 0 Å². The Balaban J connectivity index is 0.00000144. The Hall–Kier alpha value is -1.00. The van der Waals surface area contributed by atoms with Crippen LogP contribution in [0, 0.1) is 0 Å². The molecule has 0 radical (unpaired) electrons. The van der Waals surface area contributed by atoms with Gasteiger partial charge in [0.25, 0.3) is 0 Å². The average Bonchev–Trinajstić information content (AvgIpc) is 2.38. The molecule has 0 heterocycles. The van der Waals surface area contributed by atoms with Crippen LogP contribution in [0.25, 0.3) is 5.32 Å². The fraction of sp³-hybridized carbons (Fsp3) is 0.200. The molecule has 0 saturated carbocycles. The summed E-state index contributed by atoms with van der Waals surface area (Å²) in [7, 11) is 0. The molecule has 2 rings (SSSR count). The zero-order valence-electron chi connectivity index (χ0n) is 10.5. The standard InChI is InChI=1S/C15H16N.Li/c1-13(15-10-6-3-7-11-15)16-12-14-8-4-2-5-9-14;/h2-11,13H,12H2,1H3;/q-1;+1/t13-;/m1./s1. The summed E-state index contributed by atoms with van der Waals surface area (Å²) in [5, 5.41) is 4.66. The molecule has 0 aliphatic rings. The van der Waals surface area contributed by atoms with E-state index in [9.17, 15) is 0 Å². The average molecular weight is 217 g/mol. The van der Waals surface area contributed by atoms with Gasteiger partial charge in [-0.05, 0) is 0 Å². The smallest absolute Gasteiger partial charge is 0.652 e. The molecule has 0 aliphatic heterocycles. The summed E-state index contributed by atoms with van der Waals surface area (Å²) in [5.74, 6) is 0. The molecule has 0 N–H and O–H groups in total. The molecular formula is C15H16LiN. The molecule has 0 amide bonds. The van der Waals surface area contributed by atoms with E-state index in [4.69, 9.17) is 0 Å². The van der Waals surface area contributed by atoms with Crippen molar-refractivity contribution in [1.29, 1.82) is 0 Å². The van der Waals surface area contributed by atoms with E-state index in [1.807, 2.05) is 12.1 Å². The molecule has 0 spiro atoms. The number of hydrogen-bond donors (Lipinski definition) is 0. The van der Waals surface area contributed by atoms with Crippen LogP contribution in [0.3, 0.4) is 0 Å². The third kappa shape index (κ3) is 4.40. The molecule has 1 nitrogen and oxygen atoms in total. The van der Waals surface area contributed by atoms with Gasteiger partial charge in [0.2, 0.25) is 0 Å². The maximum absolute atomic E-state index is 4.66. The van der Waals surface area contributed by atoms with E-state index in [-0.39, 0.29) is 24.9 Å².